The average Bonchev–Trinajstić information content (AvgIpc) is 2.95. The van der Waals surface area contributed by atoms with Crippen LogP contribution >= 0.6 is 0 Å². The quantitative estimate of drug-likeness (QED) is 0.201. The molecule has 0 amide bonds. The Hall–Kier alpha value is -4.49. The van der Waals surface area contributed by atoms with Crippen LogP contribution in [-0.4, -0.2) is 22.6 Å². The van der Waals surface area contributed by atoms with Gasteiger partial charge < -0.3 is 18.9 Å². The minimum atomic E-state index is -3.74. The number of benzene rings is 4. The summed E-state index contributed by atoms with van der Waals surface area (Å²) < 4.78 is 49.2. The molecule has 0 unspecified atom stereocenters. The first-order valence-corrected chi connectivity index (χ1v) is 13.8. The molecule has 0 heterocycles. The molecule has 4 rings (SSSR count). The fourth-order valence-corrected chi connectivity index (χ4v) is 5.15. The maximum atomic E-state index is 13.2. The minimum absolute atomic E-state index is 0.153. The molecule has 7 heteroatoms. The summed E-state index contributed by atoms with van der Waals surface area (Å²) in [5.41, 5.74) is 1.97. The van der Waals surface area contributed by atoms with Gasteiger partial charge in [0.05, 0.1) is 24.0 Å². The van der Waals surface area contributed by atoms with Crippen LogP contribution in [0.4, 0.5) is 0 Å². The number of ether oxygens (including phenoxy) is 4. The van der Waals surface area contributed by atoms with E-state index in [0.717, 1.165) is 11.1 Å². The van der Waals surface area contributed by atoms with Crippen LogP contribution in [0, 0.1) is 0 Å². The van der Waals surface area contributed by atoms with Crippen LogP contribution in [0.5, 0.6) is 34.5 Å². The highest BCUT2D eigenvalue weighted by molar-refractivity contribution is 7.91. The van der Waals surface area contributed by atoms with E-state index in [4.69, 9.17) is 18.9 Å². The van der Waals surface area contributed by atoms with Crippen molar-refractivity contribution in [1.29, 1.82) is 0 Å². The minimum Gasteiger partial charge on any atom is -0.493 e. The summed E-state index contributed by atoms with van der Waals surface area (Å²) in [6.07, 6.45) is 7.81. The Morgan fingerprint density at radius 2 is 0.923 bits per heavy atom. The smallest absolute Gasteiger partial charge is 0.206 e. The summed E-state index contributed by atoms with van der Waals surface area (Å²) in [5.74, 6) is 3.20. The van der Waals surface area contributed by atoms with E-state index in [1.54, 1.807) is 38.5 Å². The highest BCUT2D eigenvalue weighted by Crippen LogP contribution is 2.35. The van der Waals surface area contributed by atoms with Crippen molar-refractivity contribution in [3.8, 4) is 34.5 Å². The van der Waals surface area contributed by atoms with E-state index in [-0.39, 0.29) is 9.79 Å². The first-order valence-electron chi connectivity index (χ1n) is 12.3. The fraction of sp³-hybridized carbons (Fsp3) is 0.125. The molecule has 0 aromatic heterocycles. The summed E-state index contributed by atoms with van der Waals surface area (Å²) in [6.45, 7) is 3.88. The molecule has 0 aliphatic carbocycles. The molecule has 0 N–H and O–H groups in total. The van der Waals surface area contributed by atoms with Crippen LogP contribution in [0.1, 0.15) is 25.0 Å². The predicted octanol–water partition coefficient (Wildman–Crippen LogP) is 8.19. The molecule has 0 saturated carbocycles. The van der Waals surface area contributed by atoms with Gasteiger partial charge in [-0.05, 0) is 97.8 Å². The molecule has 0 spiro atoms. The van der Waals surface area contributed by atoms with E-state index in [1.165, 1.54) is 24.3 Å². The zero-order valence-electron chi connectivity index (χ0n) is 22.3. The van der Waals surface area contributed by atoms with Crippen molar-refractivity contribution in [1.82, 2.24) is 0 Å². The third-order valence-electron chi connectivity index (χ3n) is 5.82. The van der Waals surface area contributed by atoms with Crippen LogP contribution in [0.15, 0.2) is 107 Å². The van der Waals surface area contributed by atoms with E-state index in [9.17, 15) is 8.42 Å². The van der Waals surface area contributed by atoms with Gasteiger partial charge in [0, 0.05) is 0 Å². The largest absolute Gasteiger partial charge is 0.493 e. The maximum Gasteiger partial charge on any atom is 0.206 e. The van der Waals surface area contributed by atoms with Crippen molar-refractivity contribution < 1.29 is 27.4 Å². The third kappa shape index (κ3) is 6.51. The van der Waals surface area contributed by atoms with Crippen molar-refractivity contribution in [2.45, 2.75) is 23.6 Å². The van der Waals surface area contributed by atoms with E-state index in [0.29, 0.717) is 34.5 Å². The Morgan fingerprint density at radius 3 is 1.26 bits per heavy atom. The number of hydrogen-bond acceptors (Lipinski definition) is 6. The molecule has 4 aromatic rings. The molecule has 0 aliphatic heterocycles. The first kappa shape index (κ1) is 27.5. The molecular formula is C32H30O6S. The Kier molecular flexibility index (Phi) is 8.74. The molecule has 0 radical (unpaired) electrons. The SMILES string of the molecule is C/C=C/c1ccc(Oc2ccc(S(=O)(=O)c3ccc(Oc4ccc(/C=C/C)cc4OC)cc3)cc2)c(OC)c1. The number of hydrogen-bond donors (Lipinski definition) is 0. The van der Waals surface area contributed by atoms with Crippen molar-refractivity contribution in [2.75, 3.05) is 14.2 Å². The molecule has 39 heavy (non-hydrogen) atoms. The van der Waals surface area contributed by atoms with Gasteiger partial charge in [0.2, 0.25) is 9.84 Å². The number of methoxy groups -OCH3 is 2. The van der Waals surface area contributed by atoms with Gasteiger partial charge in [-0.2, -0.15) is 0 Å². The highest BCUT2D eigenvalue weighted by Gasteiger charge is 2.18. The van der Waals surface area contributed by atoms with Crippen molar-refractivity contribution in [3.05, 3.63) is 108 Å². The Morgan fingerprint density at radius 1 is 0.538 bits per heavy atom. The molecule has 0 aliphatic rings. The van der Waals surface area contributed by atoms with Crippen molar-refractivity contribution in [2.24, 2.45) is 0 Å². The lowest BCUT2D eigenvalue weighted by Gasteiger charge is -2.12. The van der Waals surface area contributed by atoms with Crippen LogP contribution in [0.25, 0.3) is 12.2 Å². The molecule has 0 bridgehead atoms. The van der Waals surface area contributed by atoms with Gasteiger partial charge in [-0.1, -0.05) is 36.4 Å². The number of sulfone groups is 1. The van der Waals surface area contributed by atoms with Gasteiger partial charge in [0.1, 0.15) is 11.5 Å². The molecule has 6 nitrogen and oxygen atoms in total. The lowest BCUT2D eigenvalue weighted by Crippen LogP contribution is -2.02. The van der Waals surface area contributed by atoms with Crippen LogP contribution in [-0.2, 0) is 9.84 Å². The van der Waals surface area contributed by atoms with Gasteiger partial charge in [0.25, 0.3) is 0 Å². The summed E-state index contributed by atoms with van der Waals surface area (Å²) in [4.78, 5) is 0.306. The predicted molar refractivity (Wildman–Crippen MR) is 154 cm³/mol. The lowest BCUT2D eigenvalue weighted by molar-refractivity contribution is 0.378. The molecule has 0 saturated heterocycles. The van der Waals surface area contributed by atoms with E-state index in [2.05, 4.69) is 0 Å². The second-order valence-corrected chi connectivity index (χ2v) is 10.4. The summed E-state index contributed by atoms with van der Waals surface area (Å²) >= 11 is 0. The third-order valence-corrected chi connectivity index (χ3v) is 7.60. The molecule has 0 fully saturated rings. The van der Waals surface area contributed by atoms with Crippen molar-refractivity contribution >= 4 is 22.0 Å². The summed E-state index contributed by atoms with van der Waals surface area (Å²) in [5, 5.41) is 0. The molecule has 4 aromatic carbocycles. The topological polar surface area (TPSA) is 71.1 Å². The maximum absolute atomic E-state index is 13.2. The highest BCUT2D eigenvalue weighted by atomic mass is 32.2. The molecular weight excluding hydrogens is 512 g/mol. The Balaban J connectivity index is 1.49. The molecule has 200 valence electrons. The van der Waals surface area contributed by atoms with Gasteiger partial charge in [-0.3, -0.25) is 0 Å². The van der Waals surface area contributed by atoms with Crippen LogP contribution in [0.2, 0.25) is 0 Å². The second kappa shape index (κ2) is 12.4. The Bertz CT molecular complexity index is 1470. The van der Waals surface area contributed by atoms with Crippen LogP contribution < -0.4 is 18.9 Å². The fourth-order valence-electron chi connectivity index (χ4n) is 3.89. The zero-order valence-corrected chi connectivity index (χ0v) is 23.1. The van der Waals surface area contributed by atoms with Gasteiger partial charge in [-0.15, -0.1) is 0 Å². The average molecular weight is 543 g/mol. The van der Waals surface area contributed by atoms with E-state index in [1.807, 2.05) is 74.5 Å². The van der Waals surface area contributed by atoms with E-state index < -0.39 is 9.84 Å². The summed E-state index contributed by atoms with van der Waals surface area (Å²) in [6, 6.07) is 23.8. The van der Waals surface area contributed by atoms with Crippen molar-refractivity contribution in [3.63, 3.8) is 0 Å². The monoisotopic (exact) mass is 542 g/mol. The Labute approximate surface area is 229 Å². The lowest BCUT2D eigenvalue weighted by atomic mass is 10.2. The number of allylic oxidation sites excluding steroid dienone is 2. The van der Waals surface area contributed by atoms with Crippen LogP contribution in [0.3, 0.4) is 0 Å². The van der Waals surface area contributed by atoms with Gasteiger partial charge >= 0.3 is 0 Å². The van der Waals surface area contributed by atoms with E-state index >= 15 is 0 Å². The summed E-state index contributed by atoms with van der Waals surface area (Å²) in [7, 11) is -0.595. The second-order valence-electron chi connectivity index (χ2n) is 8.47. The van der Waals surface area contributed by atoms with Gasteiger partial charge in [-0.25, -0.2) is 8.42 Å². The standard InChI is InChI=1S/C32H30O6S/c1-5-7-23-9-19-29(31(21-23)35-3)37-25-11-15-27(16-12-25)39(33,34)28-17-13-26(14-18-28)38-30-20-10-24(8-6-2)22-32(30)36-4/h5-22H,1-4H3/b7-5+,8-6+. The first-order chi connectivity index (χ1) is 18.9. The normalized spacial score (nSPS) is 11.6. The number of rotatable bonds is 10. The van der Waals surface area contributed by atoms with Gasteiger partial charge in [0.15, 0.2) is 23.0 Å². The zero-order chi connectivity index (χ0) is 27.8. The molecule has 0 atom stereocenters.